The first kappa shape index (κ1) is 30.1. The first-order chi connectivity index (χ1) is 17.8. The van der Waals surface area contributed by atoms with Crippen LogP contribution in [0.15, 0.2) is 105 Å². The van der Waals surface area contributed by atoms with E-state index in [2.05, 4.69) is 20.8 Å². The smallest absolute Gasteiger partial charge is 0.185 e. The minimum Gasteiger partial charge on any atom is -0.223 e. The van der Waals surface area contributed by atoms with Crippen LogP contribution in [0.25, 0.3) is 0 Å². The molecule has 38 heavy (non-hydrogen) atoms. The van der Waals surface area contributed by atoms with Crippen LogP contribution in [0, 0.1) is 5.41 Å². The Balaban J connectivity index is 1.85. The van der Waals surface area contributed by atoms with Gasteiger partial charge in [-0.25, -0.2) is 16.8 Å². The van der Waals surface area contributed by atoms with Crippen LogP contribution < -0.4 is 0 Å². The SMILES string of the molecule is CC1=C(CC/C(C)=C\C(C/C(C)=C/CS(=O)(=O)c2ccccc2)S(=O)(=O)c2ccccc2)C(C)(C)CCC1. The van der Waals surface area contributed by atoms with Crippen LogP contribution in [0.1, 0.15) is 73.1 Å². The molecule has 2 aromatic carbocycles. The number of hydrogen-bond donors (Lipinski definition) is 0. The fourth-order valence-corrected chi connectivity index (χ4v) is 8.42. The van der Waals surface area contributed by atoms with Gasteiger partial charge in [0.2, 0.25) is 0 Å². The lowest BCUT2D eigenvalue weighted by Crippen LogP contribution is -2.21. The summed E-state index contributed by atoms with van der Waals surface area (Å²) in [6.45, 7) is 10.7. The lowest BCUT2D eigenvalue weighted by molar-refractivity contribution is 0.354. The van der Waals surface area contributed by atoms with Crippen LogP contribution in [0.2, 0.25) is 0 Å². The Kier molecular flexibility index (Phi) is 9.99. The second-order valence-electron chi connectivity index (χ2n) is 11.3. The van der Waals surface area contributed by atoms with Gasteiger partial charge >= 0.3 is 0 Å². The molecule has 0 aromatic heterocycles. The van der Waals surface area contributed by atoms with Crippen LogP contribution in [0.5, 0.6) is 0 Å². The minimum atomic E-state index is -3.65. The van der Waals surface area contributed by atoms with E-state index in [1.807, 2.05) is 19.9 Å². The minimum absolute atomic E-state index is 0.161. The van der Waals surface area contributed by atoms with Crippen molar-refractivity contribution in [1.29, 1.82) is 0 Å². The topological polar surface area (TPSA) is 68.3 Å². The van der Waals surface area contributed by atoms with Crippen molar-refractivity contribution in [3.8, 4) is 0 Å². The predicted octanol–water partition coefficient (Wildman–Crippen LogP) is 7.89. The zero-order chi connectivity index (χ0) is 28.0. The fraction of sp³-hybridized carbons (Fsp3) is 0.438. The molecule has 0 amide bonds. The number of benzene rings is 2. The quantitative estimate of drug-likeness (QED) is 0.265. The molecule has 3 rings (SSSR count). The highest BCUT2D eigenvalue weighted by molar-refractivity contribution is 7.92. The van der Waals surface area contributed by atoms with Crippen LogP contribution in [0.4, 0.5) is 0 Å². The standard InChI is InChI=1S/C32H42O4S2/c1-25(18-19-31-27(3)13-12-21-32(31,4)5)23-30(38(35,36)29-16-10-7-11-17-29)24-26(2)20-22-37(33,34)28-14-8-6-9-15-28/h6-11,14-17,20,23,30H,12-13,18-19,21-22,24H2,1-5H3/b25-23-,26-20+. The first-order valence-corrected chi connectivity index (χ1v) is 16.6. The first-order valence-electron chi connectivity index (χ1n) is 13.4. The molecule has 1 aliphatic carbocycles. The molecule has 0 N–H and O–H groups in total. The molecule has 0 bridgehead atoms. The summed E-state index contributed by atoms with van der Waals surface area (Å²) in [5, 5.41) is -0.768. The van der Waals surface area contributed by atoms with Crippen molar-refractivity contribution in [2.45, 2.75) is 88.2 Å². The lowest BCUT2D eigenvalue weighted by atomic mass is 9.71. The molecule has 1 atom stereocenters. The Labute approximate surface area is 230 Å². The van der Waals surface area contributed by atoms with Gasteiger partial charge in [-0.15, -0.1) is 0 Å². The van der Waals surface area contributed by atoms with Crippen molar-refractivity contribution >= 4 is 19.7 Å². The number of rotatable bonds is 11. The molecule has 0 aliphatic heterocycles. The third-order valence-electron chi connectivity index (χ3n) is 7.67. The van der Waals surface area contributed by atoms with Gasteiger partial charge in [0.25, 0.3) is 0 Å². The molecular weight excluding hydrogens is 512 g/mol. The molecule has 1 aliphatic rings. The van der Waals surface area contributed by atoms with Crippen LogP contribution in [-0.2, 0) is 19.7 Å². The van der Waals surface area contributed by atoms with Gasteiger partial charge in [0.05, 0.1) is 20.8 Å². The second kappa shape index (κ2) is 12.6. The zero-order valence-corrected chi connectivity index (χ0v) is 25.0. The molecule has 0 saturated heterocycles. The van der Waals surface area contributed by atoms with Gasteiger partial charge in [-0.3, -0.25) is 0 Å². The van der Waals surface area contributed by atoms with E-state index in [1.165, 1.54) is 24.0 Å². The molecule has 1 unspecified atom stereocenters. The molecule has 4 nitrogen and oxygen atoms in total. The van der Waals surface area contributed by atoms with Gasteiger partial charge in [-0.05, 0) is 89.0 Å². The van der Waals surface area contributed by atoms with Gasteiger partial charge in [-0.2, -0.15) is 0 Å². The highest BCUT2D eigenvalue weighted by Crippen LogP contribution is 2.42. The van der Waals surface area contributed by atoms with Crippen LogP contribution >= 0.6 is 0 Å². The molecular formula is C32H42O4S2. The van der Waals surface area contributed by atoms with Gasteiger partial charge in [-0.1, -0.05) is 84.7 Å². The molecule has 0 heterocycles. The predicted molar refractivity (Wildman–Crippen MR) is 158 cm³/mol. The monoisotopic (exact) mass is 554 g/mol. The average molecular weight is 555 g/mol. The van der Waals surface area contributed by atoms with Crippen molar-refractivity contribution in [2.24, 2.45) is 5.41 Å². The van der Waals surface area contributed by atoms with Crippen LogP contribution in [0.3, 0.4) is 0 Å². The van der Waals surface area contributed by atoms with Crippen molar-refractivity contribution in [2.75, 3.05) is 5.75 Å². The number of hydrogen-bond acceptors (Lipinski definition) is 4. The molecule has 0 spiro atoms. The third kappa shape index (κ3) is 7.79. The molecule has 206 valence electrons. The highest BCUT2D eigenvalue weighted by Gasteiger charge is 2.29. The number of allylic oxidation sites excluding steroid dienone is 4. The van der Waals surface area contributed by atoms with E-state index < -0.39 is 24.9 Å². The van der Waals surface area contributed by atoms with Gasteiger partial charge in [0.15, 0.2) is 19.7 Å². The summed E-state index contributed by atoms with van der Waals surface area (Å²) in [6, 6.07) is 16.9. The Morgan fingerprint density at radius 3 is 2.05 bits per heavy atom. The van der Waals surface area contributed by atoms with Crippen molar-refractivity contribution < 1.29 is 16.8 Å². The summed E-state index contributed by atoms with van der Waals surface area (Å²) >= 11 is 0. The fourth-order valence-electron chi connectivity index (χ4n) is 5.37. The van der Waals surface area contributed by atoms with E-state index in [1.54, 1.807) is 66.7 Å². The van der Waals surface area contributed by atoms with Crippen molar-refractivity contribution in [1.82, 2.24) is 0 Å². The maximum atomic E-state index is 13.7. The van der Waals surface area contributed by atoms with E-state index in [-0.39, 0.29) is 27.4 Å². The average Bonchev–Trinajstić information content (AvgIpc) is 2.87. The van der Waals surface area contributed by atoms with Gasteiger partial charge in [0, 0.05) is 0 Å². The second-order valence-corrected chi connectivity index (χ2v) is 15.5. The molecule has 6 heteroatoms. The summed E-state index contributed by atoms with van der Waals surface area (Å²) in [6.07, 6.45) is 9.07. The highest BCUT2D eigenvalue weighted by atomic mass is 32.2. The van der Waals surface area contributed by atoms with Crippen molar-refractivity contribution in [3.05, 3.63) is 95.1 Å². The Morgan fingerprint density at radius 2 is 1.47 bits per heavy atom. The summed E-state index contributed by atoms with van der Waals surface area (Å²) in [4.78, 5) is 0.550. The largest absolute Gasteiger partial charge is 0.223 e. The van der Waals surface area contributed by atoms with E-state index in [0.717, 1.165) is 30.4 Å². The Bertz CT molecular complexity index is 1400. The van der Waals surface area contributed by atoms with Gasteiger partial charge in [0.1, 0.15) is 0 Å². The maximum Gasteiger partial charge on any atom is 0.185 e. The van der Waals surface area contributed by atoms with E-state index in [4.69, 9.17) is 0 Å². The normalized spacial score (nSPS) is 17.9. The summed E-state index contributed by atoms with van der Waals surface area (Å²) in [5.41, 5.74) is 4.94. The summed E-state index contributed by atoms with van der Waals surface area (Å²) in [7, 11) is -7.14. The Morgan fingerprint density at radius 1 is 0.895 bits per heavy atom. The third-order valence-corrected chi connectivity index (χ3v) is 11.3. The van der Waals surface area contributed by atoms with Crippen molar-refractivity contribution in [3.63, 3.8) is 0 Å². The maximum absolute atomic E-state index is 13.7. The summed E-state index contributed by atoms with van der Waals surface area (Å²) < 4.78 is 52.9. The van der Waals surface area contributed by atoms with E-state index >= 15 is 0 Å². The lowest BCUT2D eigenvalue weighted by Gasteiger charge is -2.35. The van der Waals surface area contributed by atoms with Gasteiger partial charge < -0.3 is 0 Å². The van der Waals surface area contributed by atoms with E-state index in [9.17, 15) is 16.8 Å². The molecule has 0 fully saturated rings. The molecule has 0 saturated carbocycles. The molecule has 0 radical (unpaired) electrons. The number of sulfone groups is 2. The summed E-state index contributed by atoms with van der Waals surface area (Å²) in [5.74, 6) is -0.161. The Hall–Kier alpha value is -2.44. The zero-order valence-electron chi connectivity index (χ0n) is 23.4. The van der Waals surface area contributed by atoms with E-state index in [0.29, 0.717) is 0 Å². The van der Waals surface area contributed by atoms with Crippen LogP contribution in [-0.4, -0.2) is 27.8 Å². The molecule has 2 aromatic rings.